The molecule has 0 saturated carbocycles. The van der Waals surface area contributed by atoms with Gasteiger partial charge in [0.05, 0.1) is 37.9 Å². The number of anilines is 1. The number of carbonyl (C=O) groups excluding carboxylic acids is 1. The lowest BCUT2D eigenvalue weighted by molar-refractivity contribution is 0.145. The first kappa shape index (κ1) is 22.6. The predicted octanol–water partition coefficient (Wildman–Crippen LogP) is 4.84. The van der Waals surface area contributed by atoms with Crippen molar-refractivity contribution in [1.29, 1.82) is 5.26 Å². The lowest BCUT2D eigenvalue weighted by Gasteiger charge is -2.41. The van der Waals surface area contributed by atoms with Crippen LogP contribution in [0.2, 0.25) is 0 Å². The van der Waals surface area contributed by atoms with E-state index in [2.05, 4.69) is 22.4 Å². The highest BCUT2D eigenvalue weighted by Gasteiger charge is 2.51. The highest BCUT2D eigenvalue weighted by atomic mass is 16.6. The molecule has 9 nitrogen and oxygen atoms in total. The number of fused-ring (bicyclic) bond motifs is 4. The molecule has 2 aliphatic rings. The highest BCUT2D eigenvalue weighted by molar-refractivity contribution is 5.88. The fourth-order valence-corrected chi connectivity index (χ4v) is 5.46. The van der Waals surface area contributed by atoms with Gasteiger partial charge in [0, 0.05) is 27.8 Å². The number of aromatic amines is 1. The monoisotopic (exact) mass is 496 g/mol. The highest BCUT2D eigenvalue weighted by Crippen LogP contribution is 2.50. The summed E-state index contributed by atoms with van der Waals surface area (Å²) in [6, 6.07) is 19.7. The van der Waals surface area contributed by atoms with Crippen LogP contribution in [0.5, 0.6) is 17.2 Å². The quantitative estimate of drug-likeness (QED) is 0.362. The zero-order valence-electron chi connectivity index (χ0n) is 20.2. The van der Waals surface area contributed by atoms with Gasteiger partial charge in [-0.05, 0) is 48.0 Å². The number of methoxy groups -OCH3 is 2. The molecule has 3 N–H and O–H groups in total. The topological polar surface area (TPSA) is 120 Å². The maximum Gasteiger partial charge on any atom is 0.411 e. The van der Waals surface area contributed by atoms with E-state index < -0.39 is 12.1 Å². The van der Waals surface area contributed by atoms with Gasteiger partial charge in [-0.3, -0.25) is 4.90 Å². The number of nitriles is 1. The number of nitrogens with one attached hydrogen (secondary N) is 2. The van der Waals surface area contributed by atoms with Crippen LogP contribution in [-0.4, -0.2) is 48.0 Å². The maximum absolute atomic E-state index is 13.2. The van der Waals surface area contributed by atoms with Crippen LogP contribution < -0.4 is 14.8 Å². The Morgan fingerprint density at radius 3 is 2.49 bits per heavy atom. The van der Waals surface area contributed by atoms with Crippen molar-refractivity contribution in [3.63, 3.8) is 0 Å². The van der Waals surface area contributed by atoms with E-state index in [0.717, 1.165) is 27.8 Å². The standard InChI is InChI=1S/C28H24N4O5/c1-35-21-11-16(12-22(36-2)27(21)33)26-25-23(18-5-3-4-6-19(18)31-25)24(20-14-37-28(34)32(20)26)30-17-9-7-15(13-29)8-10-17/h3-12,20,24,26,30-31,33H,14H2,1-2H3/t20-,24+,26+/m1/s1. The number of rotatable bonds is 5. The van der Waals surface area contributed by atoms with Gasteiger partial charge in [0.1, 0.15) is 12.6 Å². The number of carbonyl (C=O) groups is 1. The number of para-hydroxylation sites is 1. The molecule has 1 fully saturated rings. The third-order valence-corrected chi connectivity index (χ3v) is 7.12. The number of amides is 1. The average Bonchev–Trinajstić information content (AvgIpc) is 3.50. The van der Waals surface area contributed by atoms with Crippen molar-refractivity contribution < 1.29 is 24.1 Å². The van der Waals surface area contributed by atoms with Crippen molar-refractivity contribution in [3.8, 4) is 23.3 Å². The lowest BCUT2D eigenvalue weighted by Crippen LogP contribution is -2.47. The fraction of sp³-hybridized carbons (Fsp3) is 0.214. The molecule has 1 amide bonds. The number of aromatic hydroxyl groups is 1. The Balaban J connectivity index is 1.56. The summed E-state index contributed by atoms with van der Waals surface area (Å²) in [5.41, 5.74) is 4.90. The Morgan fingerprint density at radius 2 is 1.81 bits per heavy atom. The number of ether oxygens (including phenoxy) is 3. The second-order valence-electron chi connectivity index (χ2n) is 9.04. The number of phenolic OH excluding ortho intramolecular Hbond substituents is 1. The van der Waals surface area contributed by atoms with Crippen molar-refractivity contribution in [1.82, 2.24) is 9.88 Å². The van der Waals surface area contributed by atoms with Crippen molar-refractivity contribution in [3.05, 3.63) is 83.0 Å². The van der Waals surface area contributed by atoms with E-state index in [1.807, 2.05) is 30.3 Å². The second-order valence-corrected chi connectivity index (χ2v) is 9.04. The summed E-state index contributed by atoms with van der Waals surface area (Å²) in [6.07, 6.45) is -0.433. The third kappa shape index (κ3) is 3.49. The van der Waals surface area contributed by atoms with E-state index in [1.54, 1.807) is 29.2 Å². The van der Waals surface area contributed by atoms with Crippen LogP contribution in [0.1, 0.15) is 34.5 Å². The predicted molar refractivity (Wildman–Crippen MR) is 136 cm³/mol. The molecule has 9 heteroatoms. The molecule has 3 atom stereocenters. The largest absolute Gasteiger partial charge is 0.502 e. The maximum atomic E-state index is 13.2. The zero-order chi connectivity index (χ0) is 25.7. The minimum atomic E-state index is -0.537. The van der Waals surface area contributed by atoms with Crippen LogP contribution in [0, 0.1) is 11.3 Å². The Labute approximate surface area is 212 Å². The lowest BCUT2D eigenvalue weighted by atomic mass is 9.85. The molecule has 0 unspecified atom stereocenters. The molecule has 1 aromatic heterocycles. The van der Waals surface area contributed by atoms with Gasteiger partial charge in [-0.15, -0.1) is 0 Å². The first-order valence-electron chi connectivity index (χ1n) is 11.8. The molecule has 37 heavy (non-hydrogen) atoms. The Morgan fingerprint density at radius 1 is 1.11 bits per heavy atom. The van der Waals surface area contributed by atoms with E-state index in [-0.39, 0.29) is 35.9 Å². The molecule has 1 saturated heterocycles. The summed E-state index contributed by atoms with van der Waals surface area (Å²) >= 11 is 0. The summed E-state index contributed by atoms with van der Waals surface area (Å²) in [5, 5.41) is 24.3. The Kier molecular flexibility index (Phi) is 5.30. The van der Waals surface area contributed by atoms with Crippen LogP contribution in [0.25, 0.3) is 10.9 Å². The molecule has 186 valence electrons. The molecule has 0 radical (unpaired) electrons. The van der Waals surface area contributed by atoms with Crippen LogP contribution in [-0.2, 0) is 4.74 Å². The number of phenols is 1. The van der Waals surface area contributed by atoms with E-state index in [4.69, 9.17) is 14.2 Å². The number of aromatic nitrogens is 1. The van der Waals surface area contributed by atoms with E-state index in [0.29, 0.717) is 11.1 Å². The SMILES string of the molecule is COc1cc([C@H]2c3[nH]c4ccccc4c3[C@@H](Nc3ccc(C#N)cc3)[C@H]3COC(=O)N23)cc(OC)c1O. The molecule has 4 aromatic rings. The Hall–Kier alpha value is -4.84. The van der Waals surface area contributed by atoms with Gasteiger partial charge in [0.15, 0.2) is 11.5 Å². The normalized spacial score (nSPS) is 20.1. The van der Waals surface area contributed by atoms with Gasteiger partial charge in [-0.2, -0.15) is 5.26 Å². The van der Waals surface area contributed by atoms with Gasteiger partial charge < -0.3 is 29.6 Å². The smallest absolute Gasteiger partial charge is 0.411 e. The summed E-state index contributed by atoms with van der Waals surface area (Å²) in [4.78, 5) is 18.5. The summed E-state index contributed by atoms with van der Waals surface area (Å²) in [6.45, 7) is 0.203. The van der Waals surface area contributed by atoms with Crippen LogP contribution in [0.3, 0.4) is 0 Å². The van der Waals surface area contributed by atoms with Gasteiger partial charge >= 0.3 is 6.09 Å². The van der Waals surface area contributed by atoms with Crippen LogP contribution in [0.4, 0.5) is 10.5 Å². The van der Waals surface area contributed by atoms with Gasteiger partial charge in [0.2, 0.25) is 5.75 Å². The molecule has 6 rings (SSSR count). The van der Waals surface area contributed by atoms with Crippen molar-refractivity contribution >= 4 is 22.7 Å². The van der Waals surface area contributed by atoms with Crippen molar-refractivity contribution in [2.45, 2.75) is 18.1 Å². The molecule has 0 aliphatic carbocycles. The molecule has 3 aromatic carbocycles. The molecule has 2 aliphatic heterocycles. The molecule has 3 heterocycles. The molecule has 0 bridgehead atoms. The van der Waals surface area contributed by atoms with Gasteiger partial charge in [-0.25, -0.2) is 4.79 Å². The Bertz CT molecular complexity index is 1530. The minimum absolute atomic E-state index is 0.109. The fourth-order valence-electron chi connectivity index (χ4n) is 5.46. The number of hydrogen-bond acceptors (Lipinski definition) is 7. The average molecular weight is 497 g/mol. The van der Waals surface area contributed by atoms with Gasteiger partial charge in [0.25, 0.3) is 0 Å². The minimum Gasteiger partial charge on any atom is -0.502 e. The van der Waals surface area contributed by atoms with E-state index in [1.165, 1.54) is 14.2 Å². The number of cyclic esters (lactones) is 1. The number of hydrogen-bond donors (Lipinski definition) is 3. The van der Waals surface area contributed by atoms with Crippen molar-refractivity contribution in [2.24, 2.45) is 0 Å². The zero-order valence-corrected chi connectivity index (χ0v) is 20.2. The second kappa shape index (κ2) is 8.68. The van der Waals surface area contributed by atoms with Crippen molar-refractivity contribution in [2.75, 3.05) is 26.1 Å². The third-order valence-electron chi connectivity index (χ3n) is 7.12. The van der Waals surface area contributed by atoms with Crippen LogP contribution >= 0.6 is 0 Å². The summed E-state index contributed by atoms with van der Waals surface area (Å²) < 4.78 is 16.4. The first-order chi connectivity index (χ1) is 18.0. The number of nitrogens with zero attached hydrogens (tertiary/aromatic N) is 2. The van der Waals surface area contributed by atoms with E-state index in [9.17, 15) is 15.2 Å². The first-order valence-corrected chi connectivity index (χ1v) is 11.8. The summed E-state index contributed by atoms with van der Waals surface area (Å²) in [7, 11) is 2.94. The summed E-state index contributed by atoms with van der Waals surface area (Å²) in [5.74, 6) is 0.380. The molecular formula is C28H24N4O5. The molecular weight excluding hydrogens is 472 g/mol. The molecule has 0 spiro atoms. The van der Waals surface area contributed by atoms with E-state index >= 15 is 0 Å². The number of benzene rings is 3. The van der Waals surface area contributed by atoms with Gasteiger partial charge in [-0.1, -0.05) is 18.2 Å². The number of H-pyrrole nitrogens is 1. The van der Waals surface area contributed by atoms with Crippen LogP contribution in [0.15, 0.2) is 60.7 Å².